The predicted octanol–water partition coefficient (Wildman–Crippen LogP) is 4.77. The Kier molecular flexibility index (Phi) is 6.62. The maximum absolute atomic E-state index is 8.68. The summed E-state index contributed by atoms with van der Waals surface area (Å²) in [5, 5.41) is 15.6. The van der Waals surface area contributed by atoms with E-state index in [0.29, 0.717) is 16.6 Å². The van der Waals surface area contributed by atoms with E-state index in [0.717, 1.165) is 20.4 Å². The molecule has 8 heteroatoms. The molecule has 2 aromatic carbocycles. The van der Waals surface area contributed by atoms with Gasteiger partial charge in [-0.25, -0.2) is 4.98 Å². The first-order valence-corrected chi connectivity index (χ1v) is 9.84. The van der Waals surface area contributed by atoms with Gasteiger partial charge in [0.25, 0.3) is 0 Å². The van der Waals surface area contributed by atoms with Crippen molar-refractivity contribution in [3.05, 3.63) is 57.0 Å². The lowest BCUT2D eigenvalue weighted by Gasteiger charge is -2.11. The molecule has 0 radical (unpaired) electrons. The Bertz CT molecular complexity index is 983. The Morgan fingerprint density at radius 1 is 1.33 bits per heavy atom. The van der Waals surface area contributed by atoms with Crippen LogP contribution in [0.4, 0.5) is 5.13 Å². The average molecular weight is 490 g/mol. The van der Waals surface area contributed by atoms with Crippen LogP contribution in [0.5, 0.6) is 11.5 Å². The molecule has 0 bridgehead atoms. The first kappa shape index (κ1) is 19.1. The number of thiazole rings is 1. The lowest BCUT2D eigenvalue weighted by molar-refractivity contribution is 0.327. The van der Waals surface area contributed by atoms with Crippen LogP contribution in [0, 0.1) is 14.9 Å². The third kappa shape index (κ3) is 4.96. The summed E-state index contributed by atoms with van der Waals surface area (Å²) >= 11 is 3.63. The van der Waals surface area contributed by atoms with Gasteiger partial charge in [-0.15, -0.1) is 11.3 Å². The van der Waals surface area contributed by atoms with Gasteiger partial charge in [-0.05, 0) is 40.3 Å². The number of nitrogens with one attached hydrogen (secondary N) is 1. The van der Waals surface area contributed by atoms with Gasteiger partial charge in [0.15, 0.2) is 18.1 Å². The van der Waals surface area contributed by atoms with E-state index in [-0.39, 0.29) is 6.61 Å². The van der Waals surface area contributed by atoms with Crippen LogP contribution in [0.25, 0.3) is 11.3 Å². The molecule has 27 heavy (non-hydrogen) atoms. The third-order valence-corrected chi connectivity index (χ3v) is 5.03. The number of nitrogens with zero attached hydrogens (tertiary/aromatic N) is 3. The standard InChI is InChI=1S/C19H15IN4O2S/c1-25-17-10-13(9-15(20)18(17)26-8-7-21)11-22-24-19-23-16(12-27-19)14-5-3-2-4-6-14/h2-6,9-12H,8H2,1H3,(H,23,24). The molecule has 0 atom stereocenters. The highest BCUT2D eigenvalue weighted by Gasteiger charge is 2.11. The quantitative estimate of drug-likeness (QED) is 0.293. The molecule has 0 saturated heterocycles. The van der Waals surface area contributed by atoms with E-state index in [1.165, 1.54) is 11.3 Å². The number of rotatable bonds is 7. The van der Waals surface area contributed by atoms with Crippen molar-refractivity contribution in [3.8, 4) is 28.8 Å². The molecule has 0 aliphatic rings. The van der Waals surface area contributed by atoms with E-state index in [4.69, 9.17) is 14.7 Å². The van der Waals surface area contributed by atoms with Crippen LogP contribution in [-0.4, -0.2) is 24.9 Å². The first-order valence-electron chi connectivity index (χ1n) is 7.88. The van der Waals surface area contributed by atoms with Gasteiger partial charge in [0, 0.05) is 10.9 Å². The van der Waals surface area contributed by atoms with Crippen molar-refractivity contribution in [1.82, 2.24) is 4.98 Å². The molecule has 3 rings (SSSR count). The molecule has 0 aliphatic carbocycles. The summed E-state index contributed by atoms with van der Waals surface area (Å²) in [6.45, 7) is -0.0326. The molecule has 136 valence electrons. The molecule has 0 amide bonds. The Morgan fingerprint density at radius 3 is 2.89 bits per heavy atom. The monoisotopic (exact) mass is 490 g/mol. The van der Waals surface area contributed by atoms with E-state index in [1.54, 1.807) is 19.4 Å². The van der Waals surface area contributed by atoms with Crippen LogP contribution in [0.15, 0.2) is 52.9 Å². The Morgan fingerprint density at radius 2 is 2.15 bits per heavy atom. The minimum absolute atomic E-state index is 0.0326. The molecule has 6 nitrogen and oxygen atoms in total. The number of nitriles is 1. The van der Waals surface area contributed by atoms with Crippen molar-refractivity contribution in [2.24, 2.45) is 5.10 Å². The Hall–Kier alpha value is -2.64. The van der Waals surface area contributed by atoms with Crippen LogP contribution in [0.3, 0.4) is 0 Å². The number of hydrogen-bond acceptors (Lipinski definition) is 7. The molecule has 0 unspecified atom stereocenters. The number of anilines is 1. The number of halogens is 1. The molecular weight excluding hydrogens is 475 g/mol. The minimum Gasteiger partial charge on any atom is -0.493 e. The molecule has 0 fully saturated rings. The van der Waals surface area contributed by atoms with E-state index in [2.05, 4.69) is 38.1 Å². The minimum atomic E-state index is -0.0326. The summed E-state index contributed by atoms with van der Waals surface area (Å²) < 4.78 is 11.6. The summed E-state index contributed by atoms with van der Waals surface area (Å²) in [5.41, 5.74) is 5.77. The molecule has 1 N–H and O–H groups in total. The zero-order valence-electron chi connectivity index (χ0n) is 14.3. The average Bonchev–Trinajstić information content (AvgIpc) is 3.16. The molecular formula is C19H15IN4O2S. The fourth-order valence-electron chi connectivity index (χ4n) is 2.29. The summed E-state index contributed by atoms with van der Waals surface area (Å²) in [6, 6.07) is 15.6. The zero-order chi connectivity index (χ0) is 19.1. The molecule has 0 spiro atoms. The zero-order valence-corrected chi connectivity index (χ0v) is 17.3. The van der Waals surface area contributed by atoms with Gasteiger partial charge in [-0.2, -0.15) is 10.4 Å². The SMILES string of the molecule is COc1cc(C=NNc2nc(-c3ccccc3)cs2)cc(I)c1OCC#N. The molecule has 0 saturated carbocycles. The second kappa shape index (κ2) is 9.34. The molecule has 1 heterocycles. The maximum atomic E-state index is 8.68. The lowest BCUT2D eigenvalue weighted by Crippen LogP contribution is -2.00. The second-order valence-corrected chi connectivity index (χ2v) is 7.28. The number of hydrogen-bond donors (Lipinski definition) is 1. The first-order chi connectivity index (χ1) is 13.2. The largest absolute Gasteiger partial charge is 0.493 e. The number of aromatic nitrogens is 1. The lowest BCUT2D eigenvalue weighted by atomic mass is 10.2. The van der Waals surface area contributed by atoms with Gasteiger partial charge in [0.05, 0.1) is 22.6 Å². The second-order valence-electron chi connectivity index (χ2n) is 5.25. The van der Waals surface area contributed by atoms with Crippen LogP contribution in [0.1, 0.15) is 5.56 Å². The van der Waals surface area contributed by atoms with E-state index in [1.807, 2.05) is 47.8 Å². The van der Waals surface area contributed by atoms with E-state index < -0.39 is 0 Å². The smallest absolute Gasteiger partial charge is 0.203 e. The topological polar surface area (TPSA) is 79.5 Å². The van der Waals surface area contributed by atoms with Crippen LogP contribution >= 0.6 is 33.9 Å². The van der Waals surface area contributed by atoms with Crippen LogP contribution in [-0.2, 0) is 0 Å². The highest BCUT2D eigenvalue weighted by molar-refractivity contribution is 14.1. The maximum Gasteiger partial charge on any atom is 0.203 e. The number of benzene rings is 2. The van der Waals surface area contributed by atoms with Crippen molar-refractivity contribution in [2.75, 3.05) is 19.1 Å². The van der Waals surface area contributed by atoms with Crippen molar-refractivity contribution in [2.45, 2.75) is 0 Å². The number of ether oxygens (including phenoxy) is 2. The highest BCUT2D eigenvalue weighted by Crippen LogP contribution is 2.33. The van der Waals surface area contributed by atoms with Crippen LogP contribution < -0.4 is 14.9 Å². The Balaban J connectivity index is 1.71. The summed E-state index contributed by atoms with van der Waals surface area (Å²) in [7, 11) is 1.56. The van der Waals surface area contributed by atoms with Gasteiger partial charge in [0.1, 0.15) is 6.07 Å². The van der Waals surface area contributed by atoms with Gasteiger partial charge in [-0.1, -0.05) is 30.3 Å². The predicted molar refractivity (Wildman–Crippen MR) is 116 cm³/mol. The fourth-order valence-corrected chi connectivity index (χ4v) is 3.74. The fraction of sp³-hybridized carbons (Fsp3) is 0.105. The molecule has 3 aromatic rings. The van der Waals surface area contributed by atoms with Gasteiger partial charge < -0.3 is 9.47 Å². The normalized spacial score (nSPS) is 10.6. The van der Waals surface area contributed by atoms with E-state index >= 15 is 0 Å². The number of methoxy groups -OCH3 is 1. The van der Waals surface area contributed by atoms with Gasteiger partial charge in [-0.3, -0.25) is 5.43 Å². The molecule has 0 aliphatic heterocycles. The summed E-state index contributed by atoms with van der Waals surface area (Å²) in [5.74, 6) is 1.11. The van der Waals surface area contributed by atoms with Gasteiger partial charge >= 0.3 is 0 Å². The van der Waals surface area contributed by atoms with Crippen molar-refractivity contribution in [3.63, 3.8) is 0 Å². The summed E-state index contributed by atoms with van der Waals surface area (Å²) in [4.78, 5) is 4.53. The van der Waals surface area contributed by atoms with Crippen molar-refractivity contribution < 1.29 is 9.47 Å². The van der Waals surface area contributed by atoms with Crippen LogP contribution in [0.2, 0.25) is 0 Å². The van der Waals surface area contributed by atoms with Crippen molar-refractivity contribution >= 4 is 45.3 Å². The molecule has 1 aromatic heterocycles. The van der Waals surface area contributed by atoms with Gasteiger partial charge in [0.2, 0.25) is 5.13 Å². The number of hydrazone groups is 1. The Labute approximate surface area is 174 Å². The van der Waals surface area contributed by atoms with E-state index in [9.17, 15) is 0 Å². The summed E-state index contributed by atoms with van der Waals surface area (Å²) in [6.07, 6.45) is 1.68. The van der Waals surface area contributed by atoms with Crippen molar-refractivity contribution in [1.29, 1.82) is 5.26 Å². The third-order valence-electron chi connectivity index (χ3n) is 3.48. The highest BCUT2D eigenvalue weighted by atomic mass is 127.